The van der Waals surface area contributed by atoms with Gasteiger partial charge in [-0.25, -0.2) is 0 Å². The molecule has 6 nitrogen and oxygen atoms in total. The Bertz CT molecular complexity index is 1450. The number of hydrogen-bond donors (Lipinski definition) is 2. The van der Waals surface area contributed by atoms with E-state index in [1.807, 2.05) is 49.4 Å². The third-order valence-corrected chi connectivity index (χ3v) is 7.87. The van der Waals surface area contributed by atoms with Crippen LogP contribution in [0.15, 0.2) is 83.5 Å². The van der Waals surface area contributed by atoms with Crippen molar-refractivity contribution in [2.75, 3.05) is 11.9 Å². The minimum atomic E-state index is -0.136. The fraction of sp³-hybridized carbons (Fsp3) is 0.233. The molecule has 2 aromatic carbocycles. The summed E-state index contributed by atoms with van der Waals surface area (Å²) in [5.74, 6) is -0.0444. The molecule has 1 amide bonds. The van der Waals surface area contributed by atoms with Crippen LogP contribution in [0.4, 0.5) is 5.69 Å². The molecule has 2 N–H and O–H groups in total. The fourth-order valence-electron chi connectivity index (χ4n) is 5.14. The average molecular weight is 589 g/mol. The Labute approximate surface area is 237 Å². The Hall–Kier alpha value is -3.49. The Morgan fingerprint density at radius 3 is 2.47 bits per heavy atom. The fourth-order valence-corrected chi connectivity index (χ4v) is 5.74. The van der Waals surface area contributed by atoms with Gasteiger partial charge in [0.2, 0.25) is 5.91 Å². The van der Waals surface area contributed by atoms with Crippen LogP contribution in [0.3, 0.4) is 0 Å². The van der Waals surface area contributed by atoms with E-state index in [4.69, 9.17) is 12.2 Å². The maximum atomic E-state index is 12.9. The van der Waals surface area contributed by atoms with Crippen LogP contribution < -0.4 is 10.6 Å². The quantitative estimate of drug-likeness (QED) is 0.240. The number of aromatic nitrogens is 2. The number of carbonyl (C=O) groups is 1. The van der Waals surface area contributed by atoms with Gasteiger partial charge >= 0.3 is 0 Å². The van der Waals surface area contributed by atoms with Crippen LogP contribution >= 0.6 is 28.1 Å². The van der Waals surface area contributed by atoms with E-state index in [0.717, 1.165) is 44.1 Å². The number of halogens is 1. The van der Waals surface area contributed by atoms with Crippen molar-refractivity contribution in [1.29, 1.82) is 0 Å². The normalized spacial score (nSPS) is 16.9. The number of anilines is 1. The first-order valence-corrected chi connectivity index (χ1v) is 13.8. The molecule has 4 aromatic rings. The van der Waals surface area contributed by atoms with Crippen LogP contribution in [0.5, 0.6) is 0 Å². The van der Waals surface area contributed by atoms with Gasteiger partial charge in [0.15, 0.2) is 5.11 Å². The van der Waals surface area contributed by atoms with Gasteiger partial charge in [0.1, 0.15) is 0 Å². The van der Waals surface area contributed by atoms with Gasteiger partial charge in [0.25, 0.3) is 0 Å². The van der Waals surface area contributed by atoms with Gasteiger partial charge in [-0.2, -0.15) is 0 Å². The number of nitrogens with zero attached hydrogens (tertiary/aromatic N) is 3. The zero-order valence-electron chi connectivity index (χ0n) is 21.6. The van der Waals surface area contributed by atoms with Crippen molar-refractivity contribution >= 4 is 44.9 Å². The molecule has 2 atom stereocenters. The summed E-state index contributed by atoms with van der Waals surface area (Å²) in [5, 5.41) is 7.13. The lowest BCUT2D eigenvalue weighted by Crippen LogP contribution is -2.32. The van der Waals surface area contributed by atoms with E-state index in [9.17, 15) is 4.79 Å². The number of benzene rings is 2. The van der Waals surface area contributed by atoms with Crippen molar-refractivity contribution in [3.63, 3.8) is 0 Å². The van der Waals surface area contributed by atoms with E-state index in [-0.39, 0.29) is 18.0 Å². The summed E-state index contributed by atoms with van der Waals surface area (Å²) in [6, 6.07) is 24.1. The third kappa shape index (κ3) is 5.37. The highest BCUT2D eigenvalue weighted by atomic mass is 79.9. The first-order valence-electron chi connectivity index (χ1n) is 12.6. The first-order chi connectivity index (χ1) is 18.3. The molecule has 0 spiro atoms. The average Bonchev–Trinajstić information content (AvgIpc) is 3.39. The molecule has 0 bridgehead atoms. The van der Waals surface area contributed by atoms with Crippen molar-refractivity contribution in [2.24, 2.45) is 0 Å². The Balaban J connectivity index is 1.46. The van der Waals surface area contributed by atoms with Gasteiger partial charge in [-0.1, -0.05) is 39.7 Å². The monoisotopic (exact) mass is 587 g/mol. The second-order valence-corrected chi connectivity index (χ2v) is 10.9. The maximum absolute atomic E-state index is 12.9. The van der Waals surface area contributed by atoms with E-state index >= 15 is 0 Å². The minimum Gasteiger partial charge on any atom is -0.352 e. The highest BCUT2D eigenvalue weighted by Crippen LogP contribution is 2.41. The standard InChI is InChI=1S/C30H30BrN5OS/c1-19-7-11-23(12-8-19)33-27(37)15-17-35-29(28(34-30(35)38)26-6-4-5-16-32-26)25-18-20(2)36(21(25)3)24-13-9-22(31)10-14-24/h4-14,16,18,28-29H,15,17H2,1-3H3,(H,33,37)(H,34,38)/t28-,29-/m0/s1. The molecule has 5 rings (SSSR count). The lowest BCUT2D eigenvalue weighted by molar-refractivity contribution is -0.116. The topological polar surface area (TPSA) is 62.2 Å². The summed E-state index contributed by atoms with van der Waals surface area (Å²) in [4.78, 5) is 19.7. The lowest BCUT2D eigenvalue weighted by atomic mass is 9.96. The highest BCUT2D eigenvalue weighted by Gasteiger charge is 2.41. The molecule has 194 valence electrons. The number of rotatable bonds is 7. The van der Waals surface area contributed by atoms with Gasteiger partial charge in [0.05, 0.1) is 17.8 Å². The molecule has 8 heteroatoms. The summed E-state index contributed by atoms with van der Waals surface area (Å²) >= 11 is 9.36. The van der Waals surface area contributed by atoms with Crippen molar-refractivity contribution in [1.82, 2.24) is 19.8 Å². The van der Waals surface area contributed by atoms with Gasteiger partial charge in [0, 0.05) is 46.4 Å². The molecular formula is C30H30BrN5OS. The van der Waals surface area contributed by atoms with Crippen LogP contribution in [0, 0.1) is 20.8 Å². The molecule has 1 aliphatic heterocycles. The maximum Gasteiger partial charge on any atom is 0.226 e. The van der Waals surface area contributed by atoms with Gasteiger partial charge in [-0.15, -0.1) is 0 Å². The molecule has 0 saturated carbocycles. The number of amides is 1. The van der Waals surface area contributed by atoms with Crippen LogP contribution in [0.25, 0.3) is 5.69 Å². The Morgan fingerprint density at radius 1 is 1.05 bits per heavy atom. The smallest absolute Gasteiger partial charge is 0.226 e. The summed E-state index contributed by atoms with van der Waals surface area (Å²) in [5.41, 5.74) is 7.39. The second-order valence-electron chi connectivity index (χ2n) is 9.62. The number of pyridine rings is 1. The summed E-state index contributed by atoms with van der Waals surface area (Å²) in [7, 11) is 0. The molecule has 1 aliphatic rings. The molecule has 2 aromatic heterocycles. The number of nitrogens with one attached hydrogen (secondary N) is 2. The SMILES string of the molecule is Cc1ccc(NC(=O)CCN2C(=S)N[C@@H](c3ccccn3)[C@@H]2c2cc(C)n(-c3ccc(Br)cc3)c2C)cc1. The molecule has 0 radical (unpaired) electrons. The molecule has 1 saturated heterocycles. The molecular weight excluding hydrogens is 558 g/mol. The lowest BCUT2D eigenvalue weighted by Gasteiger charge is -2.28. The number of hydrogen-bond acceptors (Lipinski definition) is 3. The number of aryl methyl sites for hydroxylation is 2. The molecule has 0 aliphatic carbocycles. The van der Waals surface area contributed by atoms with Crippen molar-refractivity contribution < 1.29 is 4.79 Å². The minimum absolute atomic E-state index is 0.0444. The number of carbonyl (C=O) groups excluding carboxylic acids is 1. The summed E-state index contributed by atoms with van der Waals surface area (Å²) in [6.07, 6.45) is 2.12. The zero-order valence-corrected chi connectivity index (χ0v) is 24.0. The van der Waals surface area contributed by atoms with Crippen LogP contribution in [-0.2, 0) is 4.79 Å². The van der Waals surface area contributed by atoms with Crippen molar-refractivity contribution in [3.8, 4) is 5.69 Å². The zero-order chi connectivity index (χ0) is 26.8. The van der Waals surface area contributed by atoms with Crippen LogP contribution in [-0.4, -0.2) is 32.0 Å². The number of thiocarbonyl (C=S) groups is 1. The van der Waals surface area contributed by atoms with E-state index in [1.165, 1.54) is 0 Å². The third-order valence-electron chi connectivity index (χ3n) is 6.99. The molecule has 0 unspecified atom stereocenters. The largest absolute Gasteiger partial charge is 0.352 e. The Morgan fingerprint density at radius 2 is 1.79 bits per heavy atom. The summed E-state index contributed by atoms with van der Waals surface area (Å²) < 4.78 is 3.31. The molecule has 3 heterocycles. The van der Waals surface area contributed by atoms with Crippen LogP contribution in [0.1, 0.15) is 46.7 Å². The van der Waals surface area contributed by atoms with E-state index in [1.54, 1.807) is 6.20 Å². The predicted molar refractivity (Wildman–Crippen MR) is 160 cm³/mol. The van der Waals surface area contributed by atoms with Crippen molar-refractivity contribution in [3.05, 3.63) is 112 Å². The second kappa shape index (κ2) is 11.1. The van der Waals surface area contributed by atoms with Gasteiger partial charge in [-0.05, 0) is 93.1 Å². The summed E-state index contributed by atoms with van der Waals surface area (Å²) in [6.45, 7) is 6.77. The first kappa shape index (κ1) is 26.1. The van der Waals surface area contributed by atoms with E-state index in [2.05, 4.69) is 85.2 Å². The van der Waals surface area contributed by atoms with Gasteiger partial charge < -0.3 is 20.1 Å². The van der Waals surface area contributed by atoms with E-state index < -0.39 is 0 Å². The Kier molecular flexibility index (Phi) is 7.63. The predicted octanol–water partition coefficient (Wildman–Crippen LogP) is 6.56. The van der Waals surface area contributed by atoms with Crippen molar-refractivity contribution in [2.45, 2.75) is 39.3 Å². The van der Waals surface area contributed by atoms with Gasteiger partial charge in [-0.3, -0.25) is 9.78 Å². The highest BCUT2D eigenvalue weighted by molar-refractivity contribution is 9.10. The molecule has 38 heavy (non-hydrogen) atoms. The molecule has 1 fully saturated rings. The van der Waals surface area contributed by atoms with Crippen LogP contribution in [0.2, 0.25) is 0 Å². The van der Waals surface area contributed by atoms with E-state index in [0.29, 0.717) is 18.1 Å².